The van der Waals surface area contributed by atoms with Gasteiger partial charge in [0.25, 0.3) is 0 Å². The number of aromatic nitrogens is 3. The van der Waals surface area contributed by atoms with Gasteiger partial charge in [-0.2, -0.15) is 0 Å². The van der Waals surface area contributed by atoms with Crippen LogP contribution in [0.5, 0.6) is 0 Å². The Kier molecular flexibility index (Phi) is 1.95. The molecule has 0 saturated carbocycles. The zero-order valence-electron chi connectivity index (χ0n) is 8.85. The van der Waals surface area contributed by atoms with Gasteiger partial charge in [0, 0.05) is 31.9 Å². The van der Waals surface area contributed by atoms with Crippen LogP contribution in [-0.2, 0) is 13.0 Å². The molecule has 3 rings (SSSR count). The Balaban J connectivity index is 2.14. The maximum absolute atomic E-state index is 4.55. The van der Waals surface area contributed by atoms with Crippen LogP contribution >= 0.6 is 0 Å². The largest absolute Gasteiger partial charge is 0.297 e. The fourth-order valence-corrected chi connectivity index (χ4v) is 2.17. The second kappa shape index (κ2) is 3.31. The van der Waals surface area contributed by atoms with Gasteiger partial charge in [-0.05, 0) is 12.6 Å². The standard InChI is InChI=1S/C11H14N4/c1-2-14-7-4-9-10(8-14)15-6-3-5-12-11(15)13-9/h3,5-6H,2,4,7-8H2,1H3. The molecule has 0 unspecified atom stereocenters. The minimum absolute atomic E-state index is 0.834. The summed E-state index contributed by atoms with van der Waals surface area (Å²) < 4.78 is 2.11. The highest BCUT2D eigenvalue weighted by Gasteiger charge is 2.20. The van der Waals surface area contributed by atoms with E-state index in [0.717, 1.165) is 31.8 Å². The van der Waals surface area contributed by atoms with Crippen molar-refractivity contribution in [2.45, 2.75) is 19.9 Å². The van der Waals surface area contributed by atoms with Gasteiger partial charge in [-0.15, -0.1) is 0 Å². The molecule has 4 heteroatoms. The lowest BCUT2D eigenvalue weighted by Gasteiger charge is -2.24. The minimum atomic E-state index is 0.834. The van der Waals surface area contributed by atoms with Gasteiger partial charge in [-0.1, -0.05) is 6.92 Å². The van der Waals surface area contributed by atoms with E-state index in [0.29, 0.717) is 0 Å². The summed E-state index contributed by atoms with van der Waals surface area (Å²) in [7, 11) is 0. The third kappa shape index (κ3) is 1.33. The average molecular weight is 202 g/mol. The number of nitrogens with zero attached hydrogens (tertiary/aromatic N) is 4. The SMILES string of the molecule is CCN1CCc2nc3ncccn3c2C1. The van der Waals surface area contributed by atoms with Crippen molar-refractivity contribution in [2.75, 3.05) is 13.1 Å². The molecule has 0 spiro atoms. The van der Waals surface area contributed by atoms with E-state index in [2.05, 4.69) is 26.2 Å². The molecule has 1 aliphatic rings. The van der Waals surface area contributed by atoms with Crippen LogP contribution in [0.25, 0.3) is 5.78 Å². The normalized spacial score (nSPS) is 16.9. The first-order valence-electron chi connectivity index (χ1n) is 5.41. The first kappa shape index (κ1) is 8.85. The second-order valence-corrected chi connectivity index (χ2v) is 3.91. The predicted octanol–water partition coefficient (Wildman–Crippen LogP) is 1.11. The number of imidazole rings is 1. The molecule has 78 valence electrons. The Labute approximate surface area is 88.6 Å². The molecule has 1 aliphatic heterocycles. The Morgan fingerprint density at radius 1 is 1.47 bits per heavy atom. The molecule has 0 saturated heterocycles. The van der Waals surface area contributed by atoms with Gasteiger partial charge in [0.2, 0.25) is 5.78 Å². The van der Waals surface area contributed by atoms with Gasteiger partial charge in [0.05, 0.1) is 11.4 Å². The predicted molar refractivity (Wildman–Crippen MR) is 57.6 cm³/mol. The molecular formula is C11H14N4. The molecule has 0 fully saturated rings. The summed E-state index contributed by atoms with van der Waals surface area (Å²) in [4.78, 5) is 11.3. The summed E-state index contributed by atoms with van der Waals surface area (Å²) in [5.74, 6) is 0.834. The van der Waals surface area contributed by atoms with E-state index in [9.17, 15) is 0 Å². The van der Waals surface area contributed by atoms with Crippen LogP contribution in [0.1, 0.15) is 18.3 Å². The molecule has 4 nitrogen and oxygen atoms in total. The van der Waals surface area contributed by atoms with E-state index in [1.54, 1.807) is 6.20 Å². The Bertz CT molecular complexity index is 488. The molecule has 0 radical (unpaired) electrons. The summed E-state index contributed by atoms with van der Waals surface area (Å²) in [6.45, 7) is 5.42. The van der Waals surface area contributed by atoms with Gasteiger partial charge in [-0.3, -0.25) is 9.30 Å². The molecule has 0 N–H and O–H groups in total. The highest BCUT2D eigenvalue weighted by molar-refractivity contribution is 5.36. The quantitative estimate of drug-likeness (QED) is 0.694. The lowest BCUT2D eigenvalue weighted by molar-refractivity contribution is 0.262. The number of hydrogen-bond donors (Lipinski definition) is 0. The molecule has 0 aromatic carbocycles. The molecule has 2 aromatic heterocycles. The van der Waals surface area contributed by atoms with Crippen LogP contribution in [0.15, 0.2) is 18.5 Å². The van der Waals surface area contributed by atoms with Crippen molar-refractivity contribution in [3.63, 3.8) is 0 Å². The maximum Gasteiger partial charge on any atom is 0.234 e. The Morgan fingerprint density at radius 3 is 3.27 bits per heavy atom. The summed E-state index contributed by atoms with van der Waals surface area (Å²) in [5.41, 5.74) is 2.53. The molecule has 3 heterocycles. The van der Waals surface area contributed by atoms with E-state index in [1.165, 1.54) is 11.4 Å². The average Bonchev–Trinajstić information content (AvgIpc) is 2.66. The molecule has 0 amide bonds. The lowest BCUT2D eigenvalue weighted by Crippen LogP contribution is -2.30. The highest BCUT2D eigenvalue weighted by atomic mass is 15.2. The fraction of sp³-hybridized carbons (Fsp3) is 0.455. The Hall–Kier alpha value is -1.42. The summed E-state index contributed by atoms with van der Waals surface area (Å²) in [6.07, 6.45) is 4.89. The first-order valence-corrected chi connectivity index (χ1v) is 5.41. The van der Waals surface area contributed by atoms with Crippen LogP contribution < -0.4 is 0 Å². The molecule has 0 aliphatic carbocycles. The molecule has 15 heavy (non-hydrogen) atoms. The third-order valence-corrected chi connectivity index (χ3v) is 3.07. The maximum atomic E-state index is 4.55. The zero-order chi connectivity index (χ0) is 10.3. The third-order valence-electron chi connectivity index (χ3n) is 3.07. The van der Waals surface area contributed by atoms with Crippen molar-refractivity contribution in [1.29, 1.82) is 0 Å². The van der Waals surface area contributed by atoms with Gasteiger partial charge in [-0.25, -0.2) is 9.97 Å². The van der Waals surface area contributed by atoms with Crippen LogP contribution in [0.4, 0.5) is 0 Å². The number of fused-ring (bicyclic) bond motifs is 3. The van der Waals surface area contributed by atoms with Gasteiger partial charge >= 0.3 is 0 Å². The first-order chi connectivity index (χ1) is 7.38. The van der Waals surface area contributed by atoms with E-state index in [-0.39, 0.29) is 0 Å². The minimum Gasteiger partial charge on any atom is -0.297 e. The van der Waals surface area contributed by atoms with Gasteiger partial charge < -0.3 is 0 Å². The van der Waals surface area contributed by atoms with Crippen LogP contribution in [0, 0.1) is 0 Å². The molecular weight excluding hydrogens is 188 g/mol. The molecule has 0 atom stereocenters. The van der Waals surface area contributed by atoms with Crippen molar-refractivity contribution in [1.82, 2.24) is 19.3 Å². The Morgan fingerprint density at radius 2 is 2.40 bits per heavy atom. The van der Waals surface area contributed by atoms with Crippen molar-refractivity contribution < 1.29 is 0 Å². The number of hydrogen-bond acceptors (Lipinski definition) is 3. The number of rotatable bonds is 1. The number of likely N-dealkylation sites (N-methyl/N-ethyl adjacent to an activating group) is 1. The van der Waals surface area contributed by atoms with Crippen molar-refractivity contribution >= 4 is 5.78 Å². The van der Waals surface area contributed by atoms with Crippen molar-refractivity contribution in [2.24, 2.45) is 0 Å². The zero-order valence-corrected chi connectivity index (χ0v) is 8.85. The molecule has 0 bridgehead atoms. The van der Waals surface area contributed by atoms with Crippen LogP contribution in [0.3, 0.4) is 0 Å². The summed E-state index contributed by atoms with van der Waals surface area (Å²) >= 11 is 0. The van der Waals surface area contributed by atoms with Crippen LogP contribution in [-0.4, -0.2) is 32.4 Å². The van der Waals surface area contributed by atoms with E-state index in [1.807, 2.05) is 12.3 Å². The smallest absolute Gasteiger partial charge is 0.234 e. The molecule has 2 aromatic rings. The monoisotopic (exact) mass is 202 g/mol. The summed E-state index contributed by atoms with van der Waals surface area (Å²) in [6, 6.07) is 1.96. The lowest BCUT2D eigenvalue weighted by atomic mass is 10.1. The van der Waals surface area contributed by atoms with Crippen molar-refractivity contribution in [3.05, 3.63) is 29.8 Å². The van der Waals surface area contributed by atoms with Gasteiger partial charge in [0.15, 0.2) is 0 Å². The van der Waals surface area contributed by atoms with Gasteiger partial charge in [0.1, 0.15) is 0 Å². The fourth-order valence-electron chi connectivity index (χ4n) is 2.17. The topological polar surface area (TPSA) is 33.4 Å². The second-order valence-electron chi connectivity index (χ2n) is 3.91. The van der Waals surface area contributed by atoms with E-state index < -0.39 is 0 Å². The van der Waals surface area contributed by atoms with E-state index >= 15 is 0 Å². The van der Waals surface area contributed by atoms with Crippen molar-refractivity contribution in [3.8, 4) is 0 Å². The van der Waals surface area contributed by atoms with Crippen LogP contribution in [0.2, 0.25) is 0 Å². The highest BCUT2D eigenvalue weighted by Crippen LogP contribution is 2.18. The summed E-state index contributed by atoms with van der Waals surface area (Å²) in [5, 5.41) is 0. The van der Waals surface area contributed by atoms with E-state index in [4.69, 9.17) is 0 Å².